The smallest absolute Gasteiger partial charge is 0.315 e. The van der Waals surface area contributed by atoms with E-state index in [9.17, 15) is 32.4 Å². The van der Waals surface area contributed by atoms with Gasteiger partial charge in [-0.25, -0.2) is 13.2 Å². The number of amides is 5. The maximum Gasteiger partial charge on any atom is 0.315 e. The lowest BCUT2D eigenvalue weighted by Crippen LogP contribution is -2.60. The number of rotatable bonds is 12. The standard InChI is InChI=1S/C34H52N6O7S2/c1-20-15-24(31(43)36-23(29(41)30(35)42)16-21-9-8-10-21)40(17-20)32(44)28(22-11-6-5-7-12-22)38-33(45)37-27(34(2,3)4)19-39-18-25-26(13-14-48-25)49(39,46)47/h13-14,20-24,27-28H,5-12,15-19H2,1-4H3,(H2,35,42)(H,36,43)(H2,37,38,45)/t20-,23?,24+,27-,28+/m1/s1. The molecule has 5 rings (SSSR count). The van der Waals surface area contributed by atoms with Gasteiger partial charge >= 0.3 is 6.03 Å². The predicted molar refractivity (Wildman–Crippen MR) is 185 cm³/mol. The van der Waals surface area contributed by atoms with E-state index in [1.807, 2.05) is 27.7 Å². The van der Waals surface area contributed by atoms with Gasteiger partial charge in [0.05, 0.1) is 10.9 Å². The molecule has 13 nitrogen and oxygen atoms in total. The highest BCUT2D eigenvalue weighted by atomic mass is 32.2. The van der Waals surface area contributed by atoms with Crippen molar-refractivity contribution >= 4 is 50.9 Å². The summed E-state index contributed by atoms with van der Waals surface area (Å²) in [6, 6.07) is -2.34. The summed E-state index contributed by atoms with van der Waals surface area (Å²) in [5.74, 6) is -2.72. The monoisotopic (exact) mass is 720 g/mol. The molecule has 5 atom stereocenters. The van der Waals surface area contributed by atoms with Crippen LogP contribution in [0.3, 0.4) is 0 Å². The quantitative estimate of drug-likeness (QED) is 0.239. The third-order valence-electron chi connectivity index (χ3n) is 10.8. The van der Waals surface area contributed by atoms with Crippen molar-refractivity contribution in [2.75, 3.05) is 13.1 Å². The zero-order chi connectivity index (χ0) is 35.7. The van der Waals surface area contributed by atoms with E-state index in [1.54, 1.807) is 11.4 Å². The van der Waals surface area contributed by atoms with Gasteiger partial charge in [-0.05, 0) is 60.3 Å². The van der Waals surface area contributed by atoms with Crippen molar-refractivity contribution < 1.29 is 32.4 Å². The summed E-state index contributed by atoms with van der Waals surface area (Å²) in [6.07, 6.45) is 7.92. The van der Waals surface area contributed by atoms with Crippen LogP contribution in [-0.2, 0) is 35.7 Å². The fourth-order valence-corrected chi connectivity index (χ4v) is 10.5. The molecule has 2 aliphatic carbocycles. The number of ketones is 1. The number of primary amides is 1. The summed E-state index contributed by atoms with van der Waals surface area (Å²) in [6.45, 7) is 8.35. The maximum absolute atomic E-state index is 14.4. The van der Waals surface area contributed by atoms with E-state index in [0.29, 0.717) is 24.3 Å². The van der Waals surface area contributed by atoms with Gasteiger partial charge in [0, 0.05) is 30.6 Å². The highest BCUT2D eigenvalue weighted by Crippen LogP contribution is 2.36. The van der Waals surface area contributed by atoms with Gasteiger partial charge in [-0.2, -0.15) is 4.31 Å². The number of carbonyl (C=O) groups excluding carboxylic acids is 5. The van der Waals surface area contributed by atoms with Crippen LogP contribution in [0.15, 0.2) is 16.3 Å². The molecule has 4 aliphatic rings. The number of carbonyl (C=O) groups is 5. The topological polar surface area (TPSA) is 188 Å². The zero-order valence-corrected chi connectivity index (χ0v) is 30.7. The number of likely N-dealkylation sites (tertiary alicyclic amines) is 1. The van der Waals surface area contributed by atoms with E-state index in [4.69, 9.17) is 5.73 Å². The predicted octanol–water partition coefficient (Wildman–Crippen LogP) is 2.88. The first-order valence-corrected chi connectivity index (χ1v) is 20.0. The largest absolute Gasteiger partial charge is 0.363 e. The third-order valence-corrected chi connectivity index (χ3v) is 13.7. The number of hydrogen-bond acceptors (Lipinski definition) is 8. The van der Waals surface area contributed by atoms with E-state index in [2.05, 4.69) is 16.0 Å². The molecule has 5 N–H and O–H groups in total. The summed E-state index contributed by atoms with van der Waals surface area (Å²) in [4.78, 5) is 69.0. The molecule has 0 radical (unpaired) electrons. The Labute approximate surface area is 293 Å². The molecule has 2 aliphatic heterocycles. The van der Waals surface area contributed by atoms with Crippen LogP contribution in [-0.4, -0.2) is 84.4 Å². The molecule has 1 saturated heterocycles. The SMILES string of the molecule is C[C@@H]1C[C@@H](C(=O)NC(CC2CCC2)C(=O)C(N)=O)N(C(=O)[C@@H](NC(=O)N[C@H](CN2Cc3sccc3S2(=O)=O)C(C)(C)C)C2CCCCC2)C1. The number of nitrogens with two attached hydrogens (primary N) is 1. The summed E-state index contributed by atoms with van der Waals surface area (Å²) in [5.41, 5.74) is 4.81. The second-order valence-electron chi connectivity index (χ2n) is 15.6. The second-order valence-corrected chi connectivity index (χ2v) is 18.5. The number of sulfonamides is 1. The van der Waals surface area contributed by atoms with Crippen LogP contribution in [0.5, 0.6) is 0 Å². The third kappa shape index (κ3) is 8.47. The Bertz CT molecular complexity index is 1530. The molecule has 0 aromatic carbocycles. The Kier molecular flexibility index (Phi) is 11.4. The highest BCUT2D eigenvalue weighted by molar-refractivity contribution is 7.89. The summed E-state index contributed by atoms with van der Waals surface area (Å²) >= 11 is 1.39. The molecule has 0 spiro atoms. The van der Waals surface area contributed by atoms with Crippen LogP contribution < -0.4 is 21.7 Å². The number of Topliss-reactive ketones (excluding diaryl/α,β-unsaturated/α-hetero) is 1. The minimum absolute atomic E-state index is 0.00613. The molecule has 1 aromatic heterocycles. The maximum atomic E-state index is 14.4. The van der Waals surface area contributed by atoms with Crippen LogP contribution in [0.1, 0.15) is 96.8 Å². The molecule has 15 heteroatoms. The van der Waals surface area contributed by atoms with Crippen molar-refractivity contribution in [3.05, 3.63) is 16.3 Å². The van der Waals surface area contributed by atoms with Crippen LogP contribution >= 0.6 is 11.3 Å². The molecule has 1 aromatic rings. The average molecular weight is 721 g/mol. The molecule has 3 fully saturated rings. The molecule has 49 heavy (non-hydrogen) atoms. The van der Waals surface area contributed by atoms with Gasteiger partial charge < -0.3 is 26.6 Å². The van der Waals surface area contributed by atoms with Crippen molar-refractivity contribution in [2.45, 2.75) is 128 Å². The first-order valence-electron chi connectivity index (χ1n) is 17.6. The van der Waals surface area contributed by atoms with Crippen molar-refractivity contribution in [1.82, 2.24) is 25.2 Å². The van der Waals surface area contributed by atoms with Gasteiger partial charge in [-0.15, -0.1) is 11.3 Å². The molecule has 2 saturated carbocycles. The summed E-state index contributed by atoms with van der Waals surface area (Å²) in [5, 5.41) is 10.5. The molecular weight excluding hydrogens is 669 g/mol. The lowest BCUT2D eigenvalue weighted by molar-refractivity contribution is -0.143. The van der Waals surface area contributed by atoms with Crippen molar-refractivity contribution in [3.8, 4) is 0 Å². The summed E-state index contributed by atoms with van der Waals surface area (Å²) in [7, 11) is -3.68. The molecule has 1 unspecified atom stereocenters. The minimum Gasteiger partial charge on any atom is -0.363 e. The van der Waals surface area contributed by atoms with E-state index < -0.39 is 63.2 Å². The fourth-order valence-electron chi connectivity index (χ4n) is 7.60. The minimum atomic E-state index is -3.68. The molecule has 5 amide bonds. The number of thiophene rings is 1. The number of nitrogens with zero attached hydrogens (tertiary/aromatic N) is 2. The normalized spacial score (nSPS) is 24.7. The Balaban J connectivity index is 1.31. The Morgan fingerprint density at radius 3 is 2.29 bits per heavy atom. The lowest BCUT2D eigenvalue weighted by Gasteiger charge is -2.37. The molecular formula is C34H52N6O7S2. The number of urea groups is 1. The van der Waals surface area contributed by atoms with Crippen LogP contribution in [0.4, 0.5) is 4.79 Å². The molecule has 3 heterocycles. The van der Waals surface area contributed by atoms with Gasteiger partial charge in [-0.1, -0.05) is 66.2 Å². The first kappa shape index (κ1) is 37.2. The van der Waals surface area contributed by atoms with Gasteiger partial charge in [0.25, 0.3) is 5.91 Å². The van der Waals surface area contributed by atoms with E-state index in [0.717, 1.165) is 56.2 Å². The van der Waals surface area contributed by atoms with Crippen molar-refractivity contribution in [3.63, 3.8) is 0 Å². The van der Waals surface area contributed by atoms with Gasteiger partial charge in [0.15, 0.2) is 0 Å². The average Bonchev–Trinajstić information content (AvgIpc) is 3.71. The lowest BCUT2D eigenvalue weighted by atomic mass is 9.80. The van der Waals surface area contributed by atoms with Gasteiger partial charge in [0.1, 0.15) is 12.1 Å². The van der Waals surface area contributed by atoms with Crippen LogP contribution in [0, 0.1) is 23.2 Å². The van der Waals surface area contributed by atoms with Crippen LogP contribution in [0.2, 0.25) is 0 Å². The molecule has 0 bridgehead atoms. The van der Waals surface area contributed by atoms with Gasteiger partial charge in [0.2, 0.25) is 27.6 Å². The number of fused-ring (bicyclic) bond motifs is 1. The van der Waals surface area contributed by atoms with E-state index >= 15 is 0 Å². The second kappa shape index (κ2) is 15.1. The first-order chi connectivity index (χ1) is 23.1. The fraction of sp³-hybridized carbons (Fsp3) is 0.735. The Hall–Kier alpha value is -3.04. The van der Waals surface area contributed by atoms with E-state index in [1.165, 1.54) is 20.5 Å². The Morgan fingerprint density at radius 1 is 1.00 bits per heavy atom. The summed E-state index contributed by atoms with van der Waals surface area (Å²) < 4.78 is 27.8. The zero-order valence-electron chi connectivity index (χ0n) is 29.0. The number of hydrogen-bond donors (Lipinski definition) is 4. The number of nitrogens with one attached hydrogen (secondary N) is 3. The highest BCUT2D eigenvalue weighted by Gasteiger charge is 2.45. The Morgan fingerprint density at radius 2 is 1.69 bits per heavy atom. The van der Waals surface area contributed by atoms with E-state index in [-0.39, 0.29) is 36.8 Å². The van der Waals surface area contributed by atoms with Gasteiger partial charge in [-0.3, -0.25) is 19.2 Å². The van der Waals surface area contributed by atoms with Crippen molar-refractivity contribution in [1.29, 1.82) is 0 Å². The van der Waals surface area contributed by atoms with Crippen LogP contribution in [0.25, 0.3) is 0 Å². The van der Waals surface area contributed by atoms with Crippen molar-refractivity contribution in [2.24, 2.45) is 28.9 Å². The molecule has 272 valence electrons.